The molecule has 0 amide bonds. The summed E-state index contributed by atoms with van der Waals surface area (Å²) in [5, 5.41) is 6.52. The molecule has 1 aliphatic heterocycles. The van der Waals surface area contributed by atoms with E-state index in [9.17, 15) is 21.6 Å². The molecule has 3 rings (SSSR count). The van der Waals surface area contributed by atoms with E-state index in [4.69, 9.17) is 9.02 Å². The van der Waals surface area contributed by atoms with Crippen molar-refractivity contribution >= 4 is 31.5 Å². The lowest BCUT2D eigenvalue weighted by Crippen LogP contribution is -2.39. The van der Waals surface area contributed by atoms with Gasteiger partial charge in [-0.05, 0) is 38.3 Å². The summed E-state index contributed by atoms with van der Waals surface area (Å²) in [6, 6.07) is 3.46. The van der Waals surface area contributed by atoms with E-state index in [-0.39, 0.29) is 35.1 Å². The number of benzene rings is 1. The van der Waals surface area contributed by atoms with Gasteiger partial charge in [-0.2, -0.15) is 13.5 Å². The van der Waals surface area contributed by atoms with Gasteiger partial charge in [0, 0.05) is 18.5 Å². The molecule has 1 aromatic carbocycles. The van der Waals surface area contributed by atoms with Gasteiger partial charge in [-0.1, -0.05) is 30.6 Å². The summed E-state index contributed by atoms with van der Waals surface area (Å²) in [5.74, 6) is -1.32. The monoisotopic (exact) mass is 511 g/mol. The van der Waals surface area contributed by atoms with Crippen LogP contribution in [0.15, 0.2) is 28.4 Å². The number of oxime groups is 1. The lowest BCUT2D eigenvalue weighted by molar-refractivity contribution is 0.0986. The molecule has 186 valence electrons. The highest BCUT2D eigenvalue weighted by molar-refractivity contribution is 7.93. The summed E-state index contributed by atoms with van der Waals surface area (Å²) < 4.78 is 58.7. The van der Waals surface area contributed by atoms with Crippen LogP contribution < -0.4 is 4.18 Å². The summed E-state index contributed by atoms with van der Waals surface area (Å²) >= 11 is 0. The zero-order chi connectivity index (χ0) is 25.3. The molecule has 0 radical (unpaired) electrons. The van der Waals surface area contributed by atoms with Crippen LogP contribution in [-0.4, -0.2) is 56.2 Å². The first kappa shape index (κ1) is 25.9. The zero-order valence-electron chi connectivity index (χ0n) is 19.9. The van der Waals surface area contributed by atoms with Gasteiger partial charge in [0.15, 0.2) is 15.6 Å². The van der Waals surface area contributed by atoms with Crippen LogP contribution in [0, 0.1) is 13.8 Å². The molecule has 1 aromatic heterocycles. The number of unbranched alkanes of at least 4 members (excludes halogenated alkanes) is 1. The minimum Gasteiger partial charge on any atom is -0.399 e. The molecule has 0 fully saturated rings. The smallest absolute Gasteiger partial charge is 0.310 e. The van der Waals surface area contributed by atoms with Gasteiger partial charge in [-0.3, -0.25) is 4.79 Å². The van der Waals surface area contributed by atoms with Gasteiger partial charge >= 0.3 is 10.1 Å². The van der Waals surface area contributed by atoms with Crippen LogP contribution in [0.2, 0.25) is 0 Å². The molecule has 34 heavy (non-hydrogen) atoms. The number of aromatic nitrogens is 2. The van der Waals surface area contributed by atoms with Crippen molar-refractivity contribution in [3.63, 3.8) is 0 Å². The Bertz CT molecular complexity index is 1340. The summed E-state index contributed by atoms with van der Waals surface area (Å²) in [5.41, 5.74) is 1.71. The topological polar surface area (TPSA) is 134 Å². The molecular formula is C22H29N3O7S2. The third-order valence-electron chi connectivity index (χ3n) is 5.69. The molecule has 0 bridgehead atoms. The van der Waals surface area contributed by atoms with Crippen molar-refractivity contribution in [1.29, 1.82) is 0 Å². The third-order valence-corrected chi connectivity index (χ3v) is 9.12. The number of sulfone groups is 1. The molecule has 1 atom stereocenters. The molecule has 0 N–H and O–H groups in total. The first-order valence-corrected chi connectivity index (χ1v) is 14.1. The molecule has 12 heteroatoms. The van der Waals surface area contributed by atoms with Gasteiger partial charge in [-0.15, -0.1) is 0 Å². The second-order valence-corrected chi connectivity index (χ2v) is 11.9. The van der Waals surface area contributed by atoms with E-state index in [1.54, 1.807) is 32.9 Å². The number of ketones is 1. The van der Waals surface area contributed by atoms with Crippen molar-refractivity contribution in [2.24, 2.45) is 5.16 Å². The van der Waals surface area contributed by atoms with E-state index in [2.05, 4.69) is 10.3 Å². The van der Waals surface area contributed by atoms with Crippen LogP contribution in [0.25, 0.3) is 0 Å². The van der Waals surface area contributed by atoms with Gasteiger partial charge in [0.25, 0.3) is 0 Å². The first-order chi connectivity index (χ1) is 16.0. The Balaban J connectivity index is 2.13. The van der Waals surface area contributed by atoms with Crippen LogP contribution in [0.5, 0.6) is 5.88 Å². The fourth-order valence-electron chi connectivity index (χ4n) is 3.98. The number of Topliss-reactive ketones (excluding diaryl/α,β-unsaturated/α-hetero) is 1. The highest BCUT2D eigenvalue weighted by Crippen LogP contribution is 2.37. The fraction of sp³-hybridized carbons (Fsp3) is 0.500. The minimum atomic E-state index is -4.13. The Morgan fingerprint density at radius 3 is 2.53 bits per heavy atom. The van der Waals surface area contributed by atoms with Gasteiger partial charge in [0.1, 0.15) is 17.9 Å². The van der Waals surface area contributed by atoms with Gasteiger partial charge < -0.3 is 9.02 Å². The summed E-state index contributed by atoms with van der Waals surface area (Å²) in [4.78, 5) is 18.6. The highest BCUT2D eigenvalue weighted by atomic mass is 32.2. The normalized spacial score (nSPS) is 18.5. The quantitative estimate of drug-likeness (QED) is 0.285. The second kappa shape index (κ2) is 9.87. The predicted molar refractivity (Wildman–Crippen MR) is 127 cm³/mol. The van der Waals surface area contributed by atoms with E-state index in [1.165, 1.54) is 11.8 Å². The number of hydrogen-bond donors (Lipinski definition) is 0. The highest BCUT2D eigenvalue weighted by Gasteiger charge is 2.45. The van der Waals surface area contributed by atoms with Crippen molar-refractivity contribution < 1.29 is 30.7 Å². The average molecular weight is 512 g/mol. The Kier molecular flexibility index (Phi) is 7.51. The van der Waals surface area contributed by atoms with Crippen molar-refractivity contribution in [2.75, 3.05) is 12.9 Å². The summed E-state index contributed by atoms with van der Waals surface area (Å²) in [6.07, 6.45) is 1.94. The number of carbonyl (C=O) groups is 1. The Labute approximate surface area is 200 Å². The number of fused-ring (bicyclic) bond motifs is 1. The Hall–Kier alpha value is -2.73. The second-order valence-electron chi connectivity index (χ2n) is 8.10. The molecule has 10 nitrogen and oxygen atoms in total. The maximum atomic E-state index is 13.7. The number of aryl methyl sites for hydroxylation is 3. The number of carbonyl (C=O) groups excluding carboxylic acids is 1. The van der Waals surface area contributed by atoms with E-state index in [0.29, 0.717) is 35.2 Å². The Morgan fingerprint density at radius 2 is 1.91 bits per heavy atom. The molecule has 0 saturated carbocycles. The zero-order valence-corrected chi connectivity index (χ0v) is 21.5. The fourth-order valence-corrected chi connectivity index (χ4v) is 7.27. The maximum absolute atomic E-state index is 13.7. The predicted octanol–water partition coefficient (Wildman–Crippen LogP) is 2.81. The van der Waals surface area contributed by atoms with E-state index < -0.39 is 31.0 Å². The summed E-state index contributed by atoms with van der Waals surface area (Å²) in [6.45, 7) is 7.18. The van der Waals surface area contributed by atoms with Crippen molar-refractivity contribution in [3.8, 4) is 5.88 Å². The first-order valence-electron chi connectivity index (χ1n) is 10.9. The molecule has 0 aliphatic carbocycles. The Morgan fingerprint density at radius 1 is 1.24 bits per heavy atom. The summed E-state index contributed by atoms with van der Waals surface area (Å²) in [7, 11) is -6.79. The SMILES string of the molecule is CCCCS(=O)(=O)Oc1c(C(=O)C2C/C(=N\OC)c3c(C)ccc(C)c3S2(=O)=O)cnn1CC. The van der Waals surface area contributed by atoms with Crippen LogP contribution in [0.1, 0.15) is 60.2 Å². The van der Waals surface area contributed by atoms with Gasteiger partial charge in [-0.25, -0.2) is 13.1 Å². The molecular weight excluding hydrogens is 482 g/mol. The van der Waals surface area contributed by atoms with Crippen LogP contribution in [-0.2, 0) is 31.3 Å². The van der Waals surface area contributed by atoms with Gasteiger partial charge in [0.05, 0.1) is 22.6 Å². The molecule has 0 saturated heterocycles. The number of hydrogen-bond acceptors (Lipinski definition) is 9. The lowest BCUT2D eigenvalue weighted by Gasteiger charge is -2.27. The number of nitrogens with zero attached hydrogens (tertiary/aromatic N) is 3. The molecule has 2 heterocycles. The molecule has 1 aliphatic rings. The van der Waals surface area contributed by atoms with Gasteiger partial charge in [0.2, 0.25) is 5.88 Å². The van der Waals surface area contributed by atoms with Crippen molar-refractivity contribution in [1.82, 2.24) is 9.78 Å². The molecule has 1 unspecified atom stereocenters. The molecule has 0 spiro atoms. The average Bonchev–Trinajstić information content (AvgIpc) is 3.17. The largest absolute Gasteiger partial charge is 0.399 e. The number of rotatable bonds is 9. The third kappa shape index (κ3) is 4.74. The van der Waals surface area contributed by atoms with E-state index in [0.717, 1.165) is 6.20 Å². The van der Waals surface area contributed by atoms with Crippen LogP contribution in [0.3, 0.4) is 0 Å². The van der Waals surface area contributed by atoms with Crippen molar-refractivity contribution in [3.05, 3.63) is 40.6 Å². The lowest BCUT2D eigenvalue weighted by atomic mass is 9.95. The van der Waals surface area contributed by atoms with Crippen LogP contribution in [0.4, 0.5) is 0 Å². The van der Waals surface area contributed by atoms with E-state index >= 15 is 0 Å². The maximum Gasteiger partial charge on any atom is 0.310 e. The standard InChI is InChI=1S/C22H29N3O7S2/c1-6-8-11-33(27,28)32-22-16(13-23-25(22)7-2)20(26)18-12-17(24-31-5)19-14(3)9-10-15(4)21(19)34(18,29)30/h9-10,13,18H,6-8,11-12H2,1-5H3/b24-17+. The minimum absolute atomic E-state index is 0.0221. The molecule has 2 aromatic rings. The van der Waals surface area contributed by atoms with Crippen LogP contribution >= 0.6 is 0 Å². The van der Waals surface area contributed by atoms with Crippen molar-refractivity contribution in [2.45, 2.75) is 63.6 Å². The van der Waals surface area contributed by atoms with E-state index in [1.807, 2.05) is 6.92 Å².